The highest BCUT2D eigenvalue weighted by molar-refractivity contribution is 8.13. The highest BCUT2D eigenvalue weighted by atomic mass is 32.2. The molecule has 0 aromatic carbocycles. The Bertz CT molecular complexity index is 380. The minimum absolute atomic E-state index is 0.186. The van der Waals surface area contributed by atoms with E-state index in [1.165, 1.54) is 54.3 Å². The van der Waals surface area contributed by atoms with Crippen LogP contribution in [0.4, 0.5) is 0 Å². The second-order valence-electron chi connectivity index (χ2n) is 4.33. The summed E-state index contributed by atoms with van der Waals surface area (Å²) in [6, 6.07) is 2.23. The molecule has 1 nitrogen and oxygen atoms in total. The number of carbonyl (C=O) groups excluding carboxylic acids is 1. The van der Waals surface area contributed by atoms with Gasteiger partial charge in [0.15, 0.2) is 5.12 Å². The van der Waals surface area contributed by atoms with Gasteiger partial charge in [0.05, 0.1) is 0 Å². The summed E-state index contributed by atoms with van der Waals surface area (Å²) in [5, 5.41) is 2.35. The maximum Gasteiger partial charge on any atom is 0.186 e. The molecule has 1 rings (SSSR count). The molecular formula is C15H22OS2. The number of hydrogen-bond acceptors (Lipinski definition) is 3. The number of thiophene rings is 1. The van der Waals surface area contributed by atoms with E-state index in [1.54, 1.807) is 18.3 Å². The van der Waals surface area contributed by atoms with E-state index in [1.807, 2.05) is 0 Å². The fourth-order valence-electron chi connectivity index (χ4n) is 1.76. The van der Waals surface area contributed by atoms with Crippen molar-refractivity contribution in [1.29, 1.82) is 0 Å². The summed E-state index contributed by atoms with van der Waals surface area (Å²) in [5.74, 6) is 0.780. The van der Waals surface area contributed by atoms with Crippen LogP contribution >= 0.6 is 23.1 Å². The highest BCUT2D eigenvalue weighted by Crippen LogP contribution is 2.21. The van der Waals surface area contributed by atoms with Gasteiger partial charge in [-0.15, -0.1) is 11.3 Å². The summed E-state index contributed by atoms with van der Waals surface area (Å²) < 4.78 is 0. The van der Waals surface area contributed by atoms with E-state index in [9.17, 15) is 4.79 Å². The zero-order valence-electron chi connectivity index (χ0n) is 11.3. The normalized spacial score (nSPS) is 11.2. The molecule has 18 heavy (non-hydrogen) atoms. The van der Waals surface area contributed by atoms with Crippen molar-refractivity contribution in [1.82, 2.24) is 0 Å². The van der Waals surface area contributed by atoms with Crippen LogP contribution in [0.2, 0.25) is 0 Å². The second kappa shape index (κ2) is 9.40. The molecule has 0 unspecified atom stereocenters. The van der Waals surface area contributed by atoms with E-state index >= 15 is 0 Å². The Kier molecular flexibility index (Phi) is 8.10. The van der Waals surface area contributed by atoms with Crippen molar-refractivity contribution in [2.45, 2.75) is 46.0 Å². The van der Waals surface area contributed by atoms with Gasteiger partial charge in [0.2, 0.25) is 0 Å². The Morgan fingerprint density at radius 2 is 2.22 bits per heavy atom. The average molecular weight is 282 g/mol. The Morgan fingerprint density at radius 3 is 2.94 bits per heavy atom. The van der Waals surface area contributed by atoms with E-state index in [2.05, 4.69) is 30.5 Å². The molecule has 0 aliphatic rings. The molecule has 0 atom stereocenters. The van der Waals surface area contributed by atoms with Gasteiger partial charge in [-0.3, -0.25) is 4.79 Å². The van der Waals surface area contributed by atoms with Crippen LogP contribution in [0.25, 0.3) is 6.08 Å². The number of hydrogen-bond donors (Lipinski definition) is 0. The number of rotatable bonds is 8. The Balaban J connectivity index is 2.36. The van der Waals surface area contributed by atoms with Gasteiger partial charge in [-0.2, -0.15) is 0 Å². The Labute approximate surface area is 119 Å². The first-order valence-corrected chi connectivity index (χ1v) is 8.46. The van der Waals surface area contributed by atoms with Gasteiger partial charge in [-0.1, -0.05) is 44.0 Å². The van der Waals surface area contributed by atoms with Crippen LogP contribution in [-0.4, -0.2) is 10.9 Å². The summed E-state index contributed by atoms with van der Waals surface area (Å²) in [7, 11) is 0. The number of carbonyl (C=O) groups is 1. The molecule has 0 aliphatic carbocycles. The summed E-state index contributed by atoms with van der Waals surface area (Å²) in [6.07, 6.45) is 10.7. The molecule has 100 valence electrons. The molecule has 1 heterocycles. The zero-order valence-corrected chi connectivity index (χ0v) is 12.9. The van der Waals surface area contributed by atoms with Crippen LogP contribution in [0.15, 0.2) is 17.5 Å². The minimum Gasteiger partial charge on any atom is -0.288 e. The van der Waals surface area contributed by atoms with E-state index in [4.69, 9.17) is 0 Å². The highest BCUT2D eigenvalue weighted by Gasteiger charge is 2.01. The topological polar surface area (TPSA) is 17.1 Å². The molecule has 0 saturated heterocycles. The first kappa shape index (κ1) is 15.5. The molecule has 0 amide bonds. The standard InChI is InChI=1S/C15H22OS2/c1-3-4-5-6-8-14-10-12-18-15(14)9-7-11-17-13(2)16/h7,9-10,12H,3-6,8,11H2,1-2H3. The summed E-state index contributed by atoms with van der Waals surface area (Å²) in [6.45, 7) is 3.86. The maximum absolute atomic E-state index is 10.8. The van der Waals surface area contributed by atoms with Gasteiger partial charge in [0.25, 0.3) is 0 Å². The first-order valence-electron chi connectivity index (χ1n) is 6.60. The van der Waals surface area contributed by atoms with Gasteiger partial charge >= 0.3 is 0 Å². The molecule has 0 bridgehead atoms. The van der Waals surface area contributed by atoms with Crippen LogP contribution in [0, 0.1) is 0 Å². The monoisotopic (exact) mass is 282 g/mol. The lowest BCUT2D eigenvalue weighted by Gasteiger charge is -2.00. The average Bonchev–Trinajstić information content (AvgIpc) is 2.78. The summed E-state index contributed by atoms with van der Waals surface area (Å²) >= 11 is 3.15. The SMILES string of the molecule is CCCCCCc1ccsc1C=CCSC(C)=O. The molecule has 0 radical (unpaired) electrons. The molecule has 0 N–H and O–H groups in total. The molecule has 1 aromatic heterocycles. The fraction of sp³-hybridized carbons (Fsp3) is 0.533. The summed E-state index contributed by atoms with van der Waals surface area (Å²) in [5.41, 5.74) is 1.46. The van der Waals surface area contributed by atoms with Gasteiger partial charge in [0, 0.05) is 17.6 Å². The van der Waals surface area contributed by atoms with Gasteiger partial charge in [-0.05, 0) is 35.9 Å². The predicted octanol–water partition coefficient (Wildman–Crippen LogP) is 5.16. The van der Waals surface area contributed by atoms with Crippen LogP contribution in [0.3, 0.4) is 0 Å². The van der Waals surface area contributed by atoms with Crippen molar-refractivity contribution in [2.24, 2.45) is 0 Å². The number of thioether (sulfide) groups is 1. The van der Waals surface area contributed by atoms with E-state index < -0.39 is 0 Å². The quantitative estimate of drug-likeness (QED) is 0.612. The van der Waals surface area contributed by atoms with E-state index in [-0.39, 0.29) is 5.12 Å². The van der Waals surface area contributed by atoms with Crippen molar-refractivity contribution < 1.29 is 4.79 Å². The lowest BCUT2D eigenvalue weighted by atomic mass is 10.1. The lowest BCUT2D eigenvalue weighted by molar-refractivity contribution is -0.109. The molecule has 0 saturated carbocycles. The van der Waals surface area contributed by atoms with Crippen molar-refractivity contribution in [3.63, 3.8) is 0 Å². The fourth-order valence-corrected chi connectivity index (χ4v) is 3.07. The second-order valence-corrected chi connectivity index (χ2v) is 6.47. The maximum atomic E-state index is 10.8. The molecular weight excluding hydrogens is 260 g/mol. The number of unbranched alkanes of at least 4 members (excludes halogenated alkanes) is 3. The molecule has 0 spiro atoms. The first-order chi connectivity index (χ1) is 8.74. The number of aryl methyl sites for hydroxylation is 1. The van der Waals surface area contributed by atoms with Gasteiger partial charge < -0.3 is 0 Å². The molecule has 1 aromatic rings. The largest absolute Gasteiger partial charge is 0.288 e. The van der Waals surface area contributed by atoms with Crippen LogP contribution in [0.5, 0.6) is 0 Å². The van der Waals surface area contributed by atoms with Crippen LogP contribution < -0.4 is 0 Å². The van der Waals surface area contributed by atoms with Gasteiger partial charge in [0.1, 0.15) is 0 Å². The third-order valence-electron chi connectivity index (χ3n) is 2.73. The van der Waals surface area contributed by atoms with Crippen LogP contribution in [-0.2, 0) is 11.2 Å². The minimum atomic E-state index is 0.186. The third kappa shape index (κ3) is 6.41. The smallest absolute Gasteiger partial charge is 0.186 e. The van der Waals surface area contributed by atoms with E-state index in [0.29, 0.717) is 0 Å². The molecule has 3 heteroatoms. The van der Waals surface area contributed by atoms with Crippen LogP contribution in [0.1, 0.15) is 50.0 Å². The lowest BCUT2D eigenvalue weighted by Crippen LogP contribution is -1.86. The Hall–Kier alpha value is -0.540. The molecule has 0 aliphatic heterocycles. The van der Waals surface area contributed by atoms with Crippen molar-refractivity contribution in [3.05, 3.63) is 28.0 Å². The third-order valence-corrected chi connectivity index (χ3v) is 4.42. The zero-order chi connectivity index (χ0) is 13.2. The van der Waals surface area contributed by atoms with Crippen molar-refractivity contribution >= 4 is 34.3 Å². The van der Waals surface area contributed by atoms with Crippen molar-refractivity contribution in [3.8, 4) is 0 Å². The Morgan fingerprint density at radius 1 is 1.39 bits per heavy atom. The predicted molar refractivity (Wildman–Crippen MR) is 84.3 cm³/mol. The van der Waals surface area contributed by atoms with E-state index in [0.717, 1.165) is 5.75 Å². The van der Waals surface area contributed by atoms with Gasteiger partial charge in [-0.25, -0.2) is 0 Å². The summed E-state index contributed by atoms with van der Waals surface area (Å²) in [4.78, 5) is 12.2. The van der Waals surface area contributed by atoms with Crippen molar-refractivity contribution in [2.75, 3.05) is 5.75 Å². The molecule has 0 fully saturated rings.